The minimum absolute atomic E-state index is 0.00708. The number of nitrogens with zero attached hydrogens (tertiary/aromatic N) is 2. The first kappa shape index (κ1) is 49.1. The molecule has 12 heteroatoms. The van der Waals surface area contributed by atoms with E-state index in [9.17, 15) is 10.2 Å². The smallest absolute Gasteiger partial charge is 0.246 e. The van der Waals surface area contributed by atoms with Gasteiger partial charge in [0.15, 0.2) is 12.5 Å². The molecule has 0 radical (unpaired) electrons. The van der Waals surface area contributed by atoms with Gasteiger partial charge in [-0.3, -0.25) is 0 Å². The van der Waals surface area contributed by atoms with Crippen LogP contribution >= 0.6 is 0 Å². The third kappa shape index (κ3) is 8.80. The Morgan fingerprint density at radius 2 is 0.794 bits per heavy atom. The van der Waals surface area contributed by atoms with Crippen LogP contribution in [0.5, 0.6) is 11.5 Å². The number of rotatable bonds is 9. The molecule has 0 aromatic heterocycles. The van der Waals surface area contributed by atoms with Gasteiger partial charge in [-0.2, -0.15) is 8.61 Å². The Morgan fingerprint density at radius 3 is 1.09 bits per heavy atom. The van der Waals surface area contributed by atoms with Crippen LogP contribution in [0.15, 0.2) is 119 Å². The molecule has 6 aromatic rings. The number of phenolic OH excluding ortho intramolecular Hbond substituents is 2. The number of aromatic hydroxyl groups is 2. The molecule has 0 unspecified atom stereocenters. The number of ether oxygens (including phenoxy) is 2. The fraction of sp³-hybridized carbons (Fsp3) is 0.357. The van der Waals surface area contributed by atoms with Crippen molar-refractivity contribution in [2.45, 2.75) is 128 Å². The topological polar surface area (TPSA) is 134 Å². The molecule has 8 rings (SSSR count). The number of phenols is 2. The van der Waals surface area contributed by atoms with E-state index in [4.69, 9.17) is 9.47 Å². The molecule has 68 heavy (non-hydrogen) atoms. The second-order valence-electron chi connectivity index (χ2n) is 20.8. The van der Waals surface area contributed by atoms with Crippen LogP contribution in [0, 0.1) is 41.5 Å². The first-order valence-electron chi connectivity index (χ1n) is 23.1. The van der Waals surface area contributed by atoms with Gasteiger partial charge in [0.1, 0.15) is 11.5 Å². The van der Waals surface area contributed by atoms with Gasteiger partial charge in [-0.25, -0.2) is 16.8 Å². The van der Waals surface area contributed by atoms with Gasteiger partial charge < -0.3 is 19.7 Å². The van der Waals surface area contributed by atoms with Gasteiger partial charge in [-0.15, -0.1) is 0 Å². The molecule has 2 N–H and O–H groups in total. The predicted octanol–water partition coefficient (Wildman–Crippen LogP) is 12.1. The molecule has 0 saturated carbocycles. The average Bonchev–Trinajstić information content (AvgIpc) is 3.90. The second kappa shape index (κ2) is 17.9. The highest BCUT2D eigenvalue weighted by Gasteiger charge is 2.49. The largest absolute Gasteiger partial charge is 0.507 e. The van der Waals surface area contributed by atoms with Crippen LogP contribution in [0.3, 0.4) is 0 Å². The standard InChI is InChI=1S/C56H64N2O8S2/c1-33-23-35(3)51(36(4)24-33)67(61,62)57-47(39-19-15-13-16-20-39)31-65-53(57)45-29-41(55(7,8)9)27-43(49(45)59)44-28-42(56(10,11)12)30-46(50(44)60)54-58(48(32-66-54)40-21-17-14-18-22-40)68(63,64)52-37(5)25-34(2)26-38(52)6/h13-30,47-48,53-54,59-60H,31-32H2,1-12H3/t47-,48-,53+,54+/m0/s1. The van der Waals surface area contributed by atoms with E-state index in [1.54, 1.807) is 39.8 Å². The van der Waals surface area contributed by atoms with Crippen LogP contribution < -0.4 is 0 Å². The Kier molecular flexibility index (Phi) is 12.9. The summed E-state index contributed by atoms with van der Waals surface area (Å²) in [7, 11) is -8.63. The van der Waals surface area contributed by atoms with Crippen LogP contribution in [0.2, 0.25) is 0 Å². The SMILES string of the molecule is Cc1cc(C)c(S(=O)(=O)N2[C@@H](c3cc(C(C)(C)C)cc(-c4cc(C(C)(C)C)cc([C@H]5OC[C@@H](c6ccccc6)N5S(=O)(=O)c5c(C)cc(C)cc5C)c4O)c3O)OC[C@H]2c2ccccc2)c(C)c1. The minimum Gasteiger partial charge on any atom is -0.507 e. The third-order valence-corrected chi connectivity index (χ3v) is 17.7. The van der Waals surface area contributed by atoms with Crippen molar-refractivity contribution in [2.75, 3.05) is 13.2 Å². The molecular formula is C56H64N2O8S2. The maximum absolute atomic E-state index is 15.4. The van der Waals surface area contributed by atoms with E-state index in [0.29, 0.717) is 22.3 Å². The third-order valence-electron chi connectivity index (χ3n) is 13.4. The molecule has 2 saturated heterocycles. The van der Waals surface area contributed by atoms with Gasteiger partial charge in [-0.05, 0) is 121 Å². The summed E-state index contributed by atoms with van der Waals surface area (Å²) in [5, 5.41) is 25.8. The van der Waals surface area contributed by atoms with Crippen LogP contribution in [0.25, 0.3) is 11.1 Å². The predicted molar refractivity (Wildman–Crippen MR) is 268 cm³/mol. The van der Waals surface area contributed by atoms with Gasteiger partial charge >= 0.3 is 0 Å². The monoisotopic (exact) mass is 956 g/mol. The van der Waals surface area contributed by atoms with Crippen molar-refractivity contribution in [1.29, 1.82) is 0 Å². The highest BCUT2D eigenvalue weighted by molar-refractivity contribution is 7.89. The Labute approximate surface area is 403 Å². The van der Waals surface area contributed by atoms with Crippen molar-refractivity contribution in [3.8, 4) is 22.6 Å². The highest BCUT2D eigenvalue weighted by Crippen LogP contribution is 2.53. The summed E-state index contributed by atoms with van der Waals surface area (Å²) in [4.78, 5) is 0.347. The summed E-state index contributed by atoms with van der Waals surface area (Å²) in [6.45, 7) is 23.2. The lowest BCUT2D eigenvalue weighted by Gasteiger charge is -2.32. The second-order valence-corrected chi connectivity index (χ2v) is 24.3. The number of benzene rings is 6. The summed E-state index contributed by atoms with van der Waals surface area (Å²) in [6, 6.07) is 31.8. The molecule has 6 aromatic carbocycles. The summed E-state index contributed by atoms with van der Waals surface area (Å²) in [6.07, 6.45) is -2.57. The quantitative estimate of drug-likeness (QED) is 0.146. The average molecular weight is 957 g/mol. The Bertz CT molecular complexity index is 2880. The zero-order valence-electron chi connectivity index (χ0n) is 41.2. The van der Waals surface area contributed by atoms with Gasteiger partial charge in [0.25, 0.3) is 0 Å². The molecule has 358 valence electrons. The van der Waals surface area contributed by atoms with Crippen molar-refractivity contribution in [3.05, 3.63) is 176 Å². The summed E-state index contributed by atoms with van der Waals surface area (Å²) in [5.41, 5.74) is 6.95. The normalized spacial score (nSPS) is 19.8. The van der Waals surface area contributed by atoms with E-state index in [1.165, 1.54) is 8.61 Å². The zero-order chi connectivity index (χ0) is 49.4. The van der Waals surface area contributed by atoms with Crippen molar-refractivity contribution in [1.82, 2.24) is 8.61 Å². The molecule has 2 aliphatic rings. The lowest BCUT2D eigenvalue weighted by Crippen LogP contribution is -2.35. The molecule has 2 heterocycles. The maximum atomic E-state index is 15.4. The first-order chi connectivity index (χ1) is 31.8. The molecular weight excluding hydrogens is 893 g/mol. The van der Waals surface area contributed by atoms with E-state index >= 15 is 16.8 Å². The lowest BCUT2D eigenvalue weighted by atomic mass is 9.80. The maximum Gasteiger partial charge on any atom is 0.246 e. The molecule has 0 amide bonds. The zero-order valence-corrected chi connectivity index (χ0v) is 42.8. The Morgan fingerprint density at radius 1 is 0.485 bits per heavy atom. The van der Waals surface area contributed by atoms with E-state index < -0.39 is 55.4 Å². The lowest BCUT2D eigenvalue weighted by molar-refractivity contribution is 0.0654. The minimum atomic E-state index is -4.32. The van der Waals surface area contributed by atoms with Gasteiger partial charge in [-0.1, -0.05) is 138 Å². The molecule has 2 aliphatic heterocycles. The van der Waals surface area contributed by atoms with E-state index in [2.05, 4.69) is 0 Å². The van der Waals surface area contributed by atoms with E-state index in [-0.39, 0.29) is 56.8 Å². The molecule has 2 fully saturated rings. The fourth-order valence-corrected chi connectivity index (χ4v) is 14.4. The van der Waals surface area contributed by atoms with E-state index in [0.717, 1.165) is 33.4 Å². The Balaban J connectivity index is 1.37. The number of hydrogen-bond acceptors (Lipinski definition) is 8. The van der Waals surface area contributed by atoms with Crippen LogP contribution in [-0.4, -0.2) is 48.9 Å². The summed E-state index contributed by atoms with van der Waals surface area (Å²) in [5.74, 6) is -0.571. The van der Waals surface area contributed by atoms with Crippen LogP contribution in [-0.2, 0) is 40.4 Å². The fourth-order valence-electron chi connectivity index (χ4n) is 10.2. The molecule has 0 spiro atoms. The molecule has 4 atom stereocenters. The van der Waals surface area contributed by atoms with Crippen molar-refractivity contribution < 1.29 is 36.5 Å². The Hall–Kier alpha value is -5.34. The summed E-state index contributed by atoms with van der Waals surface area (Å²) < 4.78 is 77.4. The number of hydrogen-bond donors (Lipinski definition) is 2. The van der Waals surface area contributed by atoms with Crippen molar-refractivity contribution in [2.24, 2.45) is 0 Å². The van der Waals surface area contributed by atoms with Crippen molar-refractivity contribution in [3.63, 3.8) is 0 Å². The van der Waals surface area contributed by atoms with Crippen LogP contribution in [0.4, 0.5) is 0 Å². The number of sulfonamides is 2. The van der Waals surface area contributed by atoms with Crippen LogP contribution in [0.1, 0.15) is 133 Å². The molecule has 0 bridgehead atoms. The van der Waals surface area contributed by atoms with E-state index in [1.807, 2.05) is 152 Å². The van der Waals surface area contributed by atoms with Gasteiger partial charge in [0.2, 0.25) is 20.0 Å². The van der Waals surface area contributed by atoms with Crippen molar-refractivity contribution >= 4 is 20.0 Å². The van der Waals surface area contributed by atoms with Gasteiger partial charge in [0, 0.05) is 22.3 Å². The van der Waals surface area contributed by atoms with Gasteiger partial charge in [0.05, 0.1) is 35.1 Å². The summed E-state index contributed by atoms with van der Waals surface area (Å²) >= 11 is 0. The highest BCUT2D eigenvalue weighted by atomic mass is 32.2. The first-order valence-corrected chi connectivity index (χ1v) is 26.0. The molecule has 0 aliphatic carbocycles. The number of aryl methyl sites for hydroxylation is 6. The molecule has 10 nitrogen and oxygen atoms in total.